The Morgan fingerprint density at radius 1 is 1.42 bits per heavy atom. The van der Waals surface area contributed by atoms with Gasteiger partial charge in [-0.1, -0.05) is 13.8 Å². The summed E-state index contributed by atoms with van der Waals surface area (Å²) >= 11 is 5.44. The first-order valence-electron chi connectivity index (χ1n) is 5.88. The molecule has 0 spiro atoms. The van der Waals surface area contributed by atoms with E-state index in [1.807, 2.05) is 13.8 Å². The van der Waals surface area contributed by atoms with Crippen molar-refractivity contribution in [1.82, 2.24) is 4.98 Å². The molecule has 0 amide bonds. The maximum Gasteiger partial charge on any atom is 0.233 e. The van der Waals surface area contributed by atoms with Gasteiger partial charge < -0.3 is 4.42 Å². The summed E-state index contributed by atoms with van der Waals surface area (Å²) in [4.78, 5) is 4.32. The summed E-state index contributed by atoms with van der Waals surface area (Å²) in [6, 6.07) is 4.99. The molecule has 2 rings (SSSR count). The van der Waals surface area contributed by atoms with Crippen LogP contribution in [0.15, 0.2) is 22.6 Å². The number of hydrogen-bond acceptors (Lipinski definition) is 4. The molecule has 1 aromatic carbocycles. The summed E-state index contributed by atoms with van der Waals surface area (Å²) in [5, 5.41) is 0. The van der Waals surface area contributed by atoms with Crippen LogP contribution in [0.25, 0.3) is 11.1 Å². The van der Waals surface area contributed by atoms with Gasteiger partial charge in [0.25, 0.3) is 0 Å². The lowest BCUT2D eigenvalue weighted by atomic mass is 10.2. The van der Waals surface area contributed by atoms with Gasteiger partial charge in [-0.25, -0.2) is 13.4 Å². The number of nitrogens with zero attached hydrogens (tertiary/aromatic N) is 1. The minimum atomic E-state index is -3.40. The van der Waals surface area contributed by atoms with Crippen molar-refractivity contribution in [1.29, 1.82) is 0 Å². The monoisotopic (exact) mass is 302 g/mol. The quantitative estimate of drug-likeness (QED) is 0.862. The van der Waals surface area contributed by atoms with Crippen LogP contribution in [0, 0.1) is 0 Å². The summed E-state index contributed by atoms with van der Waals surface area (Å²) in [6.45, 7) is 3.96. The van der Waals surface area contributed by atoms with Crippen LogP contribution in [-0.4, -0.2) is 25.0 Å². The van der Waals surface area contributed by atoms with Gasteiger partial charge in [0.05, 0.1) is 11.4 Å². The average molecular weight is 303 g/mol. The van der Waals surface area contributed by atoms with Gasteiger partial charge in [-0.15, -0.1) is 11.6 Å². The Kier molecular flexibility index (Phi) is 4.01. The number of sulfonamides is 1. The standard InChI is InChI=1S/C12H15ClN2O3S/c1-8(2)12-14-10-7-9(3-4-11(10)18-12)15-19(16,17)6-5-13/h3-4,7-8,15H,5-6H2,1-2H3. The van der Waals surface area contributed by atoms with Gasteiger partial charge in [0.1, 0.15) is 5.52 Å². The van der Waals surface area contributed by atoms with Crippen molar-refractivity contribution in [2.24, 2.45) is 0 Å². The van der Waals surface area contributed by atoms with Crippen LogP contribution in [0.3, 0.4) is 0 Å². The van der Waals surface area contributed by atoms with Crippen molar-refractivity contribution in [3.8, 4) is 0 Å². The minimum absolute atomic E-state index is 0.0546. The number of rotatable bonds is 5. The molecule has 0 aliphatic carbocycles. The fourth-order valence-electron chi connectivity index (χ4n) is 1.59. The lowest BCUT2D eigenvalue weighted by Crippen LogP contribution is -2.17. The molecule has 104 valence electrons. The largest absolute Gasteiger partial charge is 0.440 e. The normalized spacial score (nSPS) is 12.2. The lowest BCUT2D eigenvalue weighted by molar-refractivity contribution is 0.501. The summed E-state index contributed by atoms with van der Waals surface area (Å²) < 4.78 is 31.2. The maximum atomic E-state index is 11.6. The lowest BCUT2D eigenvalue weighted by Gasteiger charge is -2.05. The molecule has 0 bridgehead atoms. The van der Waals surface area contributed by atoms with Gasteiger partial charge in [-0.2, -0.15) is 0 Å². The van der Waals surface area contributed by atoms with E-state index in [1.54, 1.807) is 18.2 Å². The molecule has 0 unspecified atom stereocenters. The molecule has 0 fully saturated rings. The number of fused-ring (bicyclic) bond motifs is 1. The van der Waals surface area contributed by atoms with Crippen LogP contribution in [0.1, 0.15) is 25.7 Å². The second-order valence-electron chi connectivity index (χ2n) is 4.50. The average Bonchev–Trinajstić information content (AvgIpc) is 2.71. The molecule has 2 aromatic rings. The smallest absolute Gasteiger partial charge is 0.233 e. The van der Waals surface area contributed by atoms with Crippen LogP contribution < -0.4 is 4.72 Å². The highest BCUT2D eigenvalue weighted by atomic mass is 35.5. The Labute approximate surface area is 117 Å². The fourth-order valence-corrected chi connectivity index (χ4v) is 2.99. The Bertz CT molecular complexity index is 679. The van der Waals surface area contributed by atoms with Crippen LogP contribution in [0.5, 0.6) is 0 Å². The molecule has 0 radical (unpaired) electrons. The molecule has 1 heterocycles. The second-order valence-corrected chi connectivity index (χ2v) is 6.72. The zero-order valence-electron chi connectivity index (χ0n) is 10.7. The number of oxazole rings is 1. The van der Waals surface area contributed by atoms with Crippen LogP contribution >= 0.6 is 11.6 Å². The number of aromatic nitrogens is 1. The molecular formula is C12H15ClN2O3S. The number of hydrogen-bond donors (Lipinski definition) is 1. The van der Waals surface area contributed by atoms with Crippen LogP contribution in [0.4, 0.5) is 5.69 Å². The summed E-state index contributed by atoms with van der Waals surface area (Å²) in [5.41, 5.74) is 1.74. The Morgan fingerprint density at radius 2 is 2.16 bits per heavy atom. The molecular weight excluding hydrogens is 288 g/mol. The molecule has 0 saturated carbocycles. The number of anilines is 1. The zero-order valence-corrected chi connectivity index (χ0v) is 12.3. The molecule has 0 aliphatic rings. The third-order valence-electron chi connectivity index (χ3n) is 2.52. The Balaban J connectivity index is 2.31. The number of nitrogens with one attached hydrogen (secondary N) is 1. The van der Waals surface area contributed by atoms with Crippen molar-refractivity contribution >= 4 is 38.4 Å². The highest BCUT2D eigenvalue weighted by Crippen LogP contribution is 2.24. The van der Waals surface area contributed by atoms with E-state index in [4.69, 9.17) is 16.0 Å². The highest BCUT2D eigenvalue weighted by molar-refractivity contribution is 7.92. The van der Waals surface area contributed by atoms with Gasteiger partial charge in [0.15, 0.2) is 11.5 Å². The van der Waals surface area contributed by atoms with E-state index in [-0.39, 0.29) is 17.6 Å². The molecule has 0 saturated heterocycles. The third kappa shape index (κ3) is 3.39. The summed E-state index contributed by atoms with van der Waals surface area (Å²) in [6.07, 6.45) is 0. The van der Waals surface area contributed by atoms with E-state index in [2.05, 4.69) is 9.71 Å². The van der Waals surface area contributed by atoms with Gasteiger partial charge >= 0.3 is 0 Å². The van der Waals surface area contributed by atoms with E-state index >= 15 is 0 Å². The Morgan fingerprint density at radius 3 is 2.79 bits per heavy atom. The predicted octanol–water partition coefficient (Wildman–Crippen LogP) is 2.93. The van der Waals surface area contributed by atoms with Gasteiger partial charge in [0, 0.05) is 11.8 Å². The fraction of sp³-hybridized carbons (Fsp3) is 0.417. The van der Waals surface area contributed by atoms with Crippen molar-refractivity contribution in [3.05, 3.63) is 24.1 Å². The van der Waals surface area contributed by atoms with Gasteiger partial charge in [-0.3, -0.25) is 4.72 Å². The predicted molar refractivity (Wildman–Crippen MR) is 76.2 cm³/mol. The van der Waals surface area contributed by atoms with E-state index in [1.165, 1.54) is 0 Å². The molecule has 1 N–H and O–H groups in total. The number of benzene rings is 1. The van der Waals surface area contributed by atoms with E-state index < -0.39 is 10.0 Å². The first-order chi connectivity index (χ1) is 8.91. The maximum absolute atomic E-state index is 11.6. The van der Waals surface area contributed by atoms with Crippen molar-refractivity contribution < 1.29 is 12.8 Å². The van der Waals surface area contributed by atoms with Crippen molar-refractivity contribution in [2.45, 2.75) is 19.8 Å². The zero-order chi connectivity index (χ0) is 14.0. The first-order valence-corrected chi connectivity index (χ1v) is 8.07. The summed E-state index contributed by atoms with van der Waals surface area (Å²) in [5.74, 6) is 0.751. The molecule has 0 aliphatic heterocycles. The Hall–Kier alpha value is -1.27. The molecule has 0 atom stereocenters. The number of halogens is 1. The highest BCUT2D eigenvalue weighted by Gasteiger charge is 2.12. The second kappa shape index (κ2) is 5.38. The van der Waals surface area contributed by atoms with Crippen molar-refractivity contribution in [3.63, 3.8) is 0 Å². The van der Waals surface area contributed by atoms with E-state index in [0.29, 0.717) is 22.7 Å². The topological polar surface area (TPSA) is 72.2 Å². The summed E-state index contributed by atoms with van der Waals surface area (Å²) in [7, 11) is -3.40. The SMILES string of the molecule is CC(C)c1nc2cc(NS(=O)(=O)CCCl)ccc2o1. The number of alkyl halides is 1. The minimum Gasteiger partial charge on any atom is -0.440 e. The molecule has 7 heteroatoms. The van der Waals surface area contributed by atoms with E-state index in [9.17, 15) is 8.42 Å². The third-order valence-corrected chi connectivity index (χ3v) is 4.22. The molecule has 5 nitrogen and oxygen atoms in total. The first kappa shape index (κ1) is 14.1. The van der Waals surface area contributed by atoms with Crippen LogP contribution in [0.2, 0.25) is 0 Å². The van der Waals surface area contributed by atoms with Crippen LogP contribution in [-0.2, 0) is 10.0 Å². The van der Waals surface area contributed by atoms with Gasteiger partial charge in [0.2, 0.25) is 10.0 Å². The molecule has 19 heavy (non-hydrogen) atoms. The van der Waals surface area contributed by atoms with Gasteiger partial charge in [-0.05, 0) is 18.2 Å². The van der Waals surface area contributed by atoms with Crippen molar-refractivity contribution in [2.75, 3.05) is 16.4 Å². The molecule has 1 aromatic heterocycles. The van der Waals surface area contributed by atoms with E-state index in [0.717, 1.165) is 0 Å².